The van der Waals surface area contributed by atoms with Gasteiger partial charge in [0.2, 0.25) is 5.91 Å². The molecule has 2 N–H and O–H groups in total. The second-order valence-corrected chi connectivity index (χ2v) is 9.77. The van der Waals surface area contributed by atoms with Crippen molar-refractivity contribution in [1.29, 1.82) is 0 Å². The summed E-state index contributed by atoms with van der Waals surface area (Å²) < 4.78 is 5.42. The number of hydrogen-bond donors (Lipinski definition) is 2. The molecule has 1 aromatic heterocycles. The van der Waals surface area contributed by atoms with Crippen LogP contribution >= 0.6 is 11.3 Å². The third-order valence-electron chi connectivity index (χ3n) is 6.05. The van der Waals surface area contributed by atoms with Gasteiger partial charge in [-0.25, -0.2) is 9.78 Å². The van der Waals surface area contributed by atoms with Gasteiger partial charge < -0.3 is 15.4 Å². The van der Waals surface area contributed by atoms with Gasteiger partial charge in [0.1, 0.15) is 12.6 Å². The molecule has 2 aromatic carbocycles. The van der Waals surface area contributed by atoms with Crippen molar-refractivity contribution in [2.24, 2.45) is 0 Å². The zero-order valence-corrected chi connectivity index (χ0v) is 19.9. The van der Waals surface area contributed by atoms with E-state index in [1.807, 2.05) is 48.5 Å². The van der Waals surface area contributed by atoms with Gasteiger partial charge in [-0.15, -0.1) is 0 Å². The van der Waals surface area contributed by atoms with Crippen molar-refractivity contribution in [3.05, 3.63) is 71.9 Å². The molecule has 0 unspecified atom stereocenters. The van der Waals surface area contributed by atoms with E-state index >= 15 is 0 Å². The summed E-state index contributed by atoms with van der Waals surface area (Å²) in [7, 11) is 0. The van der Waals surface area contributed by atoms with Crippen molar-refractivity contribution < 1.29 is 19.1 Å². The Balaban J connectivity index is 1.20. The first-order chi connectivity index (χ1) is 17.1. The van der Waals surface area contributed by atoms with Crippen LogP contribution in [0.15, 0.2) is 60.8 Å². The molecule has 2 aliphatic rings. The van der Waals surface area contributed by atoms with Crippen LogP contribution in [0.2, 0.25) is 0 Å². The Bertz CT molecular complexity index is 1220. The molecule has 5 rings (SSSR count). The number of benzene rings is 2. The molecule has 0 radical (unpaired) electrons. The quantitative estimate of drug-likeness (QED) is 0.510. The molecule has 0 bridgehead atoms. The first kappa shape index (κ1) is 23.0. The molecule has 1 saturated heterocycles. The van der Waals surface area contributed by atoms with Crippen LogP contribution in [0.5, 0.6) is 0 Å². The summed E-state index contributed by atoms with van der Waals surface area (Å²) in [5, 5.41) is 6.28. The standard InChI is InChI=1S/C26H26N4O4S/c31-23(28-20-11-12-20)19-9-4-8-18(14-19)22-15-27-25(35-22)29-24(32)21-10-5-13-30(21)26(33)34-16-17-6-2-1-3-7-17/h1-4,6-9,14-15,20-21H,5,10-13,16H2,(H,28,31)(H,27,29,32)/t21-/m0/s1. The third-order valence-corrected chi connectivity index (χ3v) is 7.01. The number of thiazole rings is 1. The Kier molecular flexibility index (Phi) is 6.76. The van der Waals surface area contributed by atoms with Crippen LogP contribution in [0.1, 0.15) is 41.6 Å². The van der Waals surface area contributed by atoms with E-state index in [-0.39, 0.29) is 18.4 Å². The van der Waals surface area contributed by atoms with Gasteiger partial charge in [-0.1, -0.05) is 53.8 Å². The SMILES string of the molecule is O=C(NC1CC1)c1cccc(-c2cnc(NC(=O)[C@@H]3CCCN3C(=O)OCc3ccccc3)s2)c1. The van der Waals surface area contributed by atoms with E-state index in [0.717, 1.165) is 35.3 Å². The Morgan fingerprint density at radius 2 is 1.89 bits per heavy atom. The number of nitrogens with one attached hydrogen (secondary N) is 2. The van der Waals surface area contributed by atoms with Crippen LogP contribution in [-0.4, -0.2) is 46.4 Å². The van der Waals surface area contributed by atoms with Gasteiger partial charge in [-0.05, 0) is 48.9 Å². The van der Waals surface area contributed by atoms with Crippen LogP contribution in [0.4, 0.5) is 9.93 Å². The number of carbonyl (C=O) groups excluding carboxylic acids is 3. The van der Waals surface area contributed by atoms with E-state index in [0.29, 0.717) is 29.7 Å². The highest BCUT2D eigenvalue weighted by molar-refractivity contribution is 7.19. The van der Waals surface area contributed by atoms with Gasteiger partial charge in [-0.2, -0.15) is 0 Å². The number of rotatable bonds is 7. The molecule has 0 spiro atoms. The summed E-state index contributed by atoms with van der Waals surface area (Å²) in [4.78, 5) is 44.6. The molecule has 2 heterocycles. The smallest absolute Gasteiger partial charge is 0.410 e. The summed E-state index contributed by atoms with van der Waals surface area (Å²) in [6, 6.07) is 16.5. The lowest BCUT2D eigenvalue weighted by Crippen LogP contribution is -2.43. The Labute approximate surface area is 207 Å². The molecule has 1 aliphatic carbocycles. The number of hydrogen-bond acceptors (Lipinski definition) is 6. The van der Waals surface area contributed by atoms with Gasteiger partial charge in [0.25, 0.3) is 5.91 Å². The third kappa shape index (κ3) is 5.68. The normalized spacial score (nSPS) is 17.1. The molecule has 1 atom stereocenters. The summed E-state index contributed by atoms with van der Waals surface area (Å²) in [6.07, 6.45) is 4.56. The highest BCUT2D eigenvalue weighted by atomic mass is 32.1. The van der Waals surface area contributed by atoms with E-state index in [9.17, 15) is 14.4 Å². The van der Waals surface area contributed by atoms with E-state index in [4.69, 9.17) is 4.74 Å². The second kappa shape index (κ2) is 10.3. The number of aromatic nitrogens is 1. The fraction of sp³-hybridized carbons (Fsp3) is 0.308. The monoisotopic (exact) mass is 490 g/mol. The number of anilines is 1. The van der Waals surface area contributed by atoms with Gasteiger partial charge in [0.05, 0.1) is 4.88 Å². The molecule has 8 nitrogen and oxygen atoms in total. The van der Waals surface area contributed by atoms with Gasteiger partial charge in [0.15, 0.2) is 5.13 Å². The Morgan fingerprint density at radius 1 is 1.06 bits per heavy atom. The average Bonchev–Trinajstić information content (AvgIpc) is 3.35. The van der Waals surface area contributed by atoms with Crippen molar-refractivity contribution in [2.75, 3.05) is 11.9 Å². The molecular formula is C26H26N4O4S. The summed E-state index contributed by atoms with van der Waals surface area (Å²) >= 11 is 1.33. The molecule has 1 aliphatic heterocycles. The lowest BCUT2D eigenvalue weighted by Gasteiger charge is -2.22. The minimum absolute atomic E-state index is 0.0760. The highest BCUT2D eigenvalue weighted by Crippen LogP contribution is 2.30. The maximum Gasteiger partial charge on any atom is 0.410 e. The predicted octanol–water partition coefficient (Wildman–Crippen LogP) is 4.44. The van der Waals surface area contributed by atoms with Gasteiger partial charge in [-0.3, -0.25) is 14.5 Å². The number of likely N-dealkylation sites (tertiary alicyclic amines) is 1. The summed E-state index contributed by atoms with van der Waals surface area (Å²) in [6.45, 7) is 0.642. The van der Waals surface area contributed by atoms with Crippen LogP contribution in [-0.2, 0) is 16.1 Å². The maximum absolute atomic E-state index is 13.0. The van der Waals surface area contributed by atoms with Crippen LogP contribution in [0, 0.1) is 0 Å². The fourth-order valence-corrected chi connectivity index (χ4v) is 4.84. The maximum atomic E-state index is 13.0. The zero-order chi connectivity index (χ0) is 24.2. The van der Waals surface area contributed by atoms with Crippen molar-refractivity contribution in [3.63, 3.8) is 0 Å². The second-order valence-electron chi connectivity index (χ2n) is 8.74. The Hall–Kier alpha value is -3.72. The lowest BCUT2D eigenvalue weighted by atomic mass is 10.1. The topological polar surface area (TPSA) is 101 Å². The fourth-order valence-electron chi connectivity index (χ4n) is 4.02. The predicted molar refractivity (Wildman–Crippen MR) is 133 cm³/mol. The van der Waals surface area contributed by atoms with E-state index in [1.165, 1.54) is 16.2 Å². The first-order valence-electron chi connectivity index (χ1n) is 11.7. The number of ether oxygens (including phenoxy) is 1. The molecule has 35 heavy (non-hydrogen) atoms. The van der Waals surface area contributed by atoms with Gasteiger partial charge in [0, 0.05) is 24.3 Å². The van der Waals surface area contributed by atoms with Crippen LogP contribution in [0.3, 0.4) is 0 Å². The van der Waals surface area contributed by atoms with Crippen LogP contribution < -0.4 is 10.6 Å². The number of nitrogens with zero attached hydrogens (tertiary/aromatic N) is 2. The van der Waals surface area contributed by atoms with Crippen molar-refractivity contribution in [3.8, 4) is 10.4 Å². The zero-order valence-electron chi connectivity index (χ0n) is 19.1. The molecule has 9 heteroatoms. The van der Waals surface area contributed by atoms with Gasteiger partial charge >= 0.3 is 6.09 Å². The Morgan fingerprint density at radius 3 is 2.69 bits per heavy atom. The first-order valence-corrected chi connectivity index (χ1v) is 12.5. The largest absolute Gasteiger partial charge is 0.445 e. The minimum atomic E-state index is -0.597. The van der Waals surface area contributed by atoms with Crippen LogP contribution in [0.25, 0.3) is 10.4 Å². The molecular weight excluding hydrogens is 464 g/mol. The van der Waals surface area contributed by atoms with Crippen molar-refractivity contribution in [1.82, 2.24) is 15.2 Å². The van der Waals surface area contributed by atoms with Crippen molar-refractivity contribution >= 4 is 34.4 Å². The summed E-state index contributed by atoms with van der Waals surface area (Å²) in [5.74, 6) is -0.356. The lowest BCUT2D eigenvalue weighted by molar-refractivity contribution is -0.120. The minimum Gasteiger partial charge on any atom is -0.445 e. The molecule has 3 amide bonds. The summed E-state index contributed by atoms with van der Waals surface area (Å²) in [5.41, 5.74) is 2.35. The average molecular weight is 491 g/mol. The van der Waals surface area contributed by atoms with E-state index < -0.39 is 12.1 Å². The van der Waals surface area contributed by atoms with Crippen molar-refractivity contribution in [2.45, 2.75) is 44.4 Å². The molecule has 3 aromatic rings. The number of amides is 3. The molecule has 1 saturated carbocycles. The van der Waals surface area contributed by atoms with E-state index in [1.54, 1.807) is 12.3 Å². The highest BCUT2D eigenvalue weighted by Gasteiger charge is 2.35. The number of carbonyl (C=O) groups is 3. The molecule has 2 fully saturated rings. The van der Waals surface area contributed by atoms with E-state index in [2.05, 4.69) is 15.6 Å². The molecule has 180 valence electrons.